The molecule has 1 N–H and O–H groups in total. The van der Waals surface area contributed by atoms with Gasteiger partial charge in [-0.2, -0.15) is 0 Å². The third kappa shape index (κ3) is 5.95. The molecule has 0 spiro atoms. The molecule has 0 atom stereocenters. The van der Waals surface area contributed by atoms with Crippen LogP contribution in [0.5, 0.6) is 23.0 Å². The Bertz CT molecular complexity index is 1140. The molecule has 170 valence electrons. The van der Waals surface area contributed by atoms with Crippen LogP contribution in [0.4, 0.5) is 5.69 Å². The van der Waals surface area contributed by atoms with E-state index in [1.54, 1.807) is 52.8 Å². The fourth-order valence-electron chi connectivity index (χ4n) is 3.27. The molecular weight excluding hydrogens is 418 g/mol. The summed E-state index contributed by atoms with van der Waals surface area (Å²) in [5.41, 5.74) is 3.26. The van der Waals surface area contributed by atoms with E-state index in [-0.39, 0.29) is 5.78 Å². The van der Waals surface area contributed by atoms with Crippen LogP contribution in [0.25, 0.3) is 12.2 Å². The molecule has 0 aliphatic carbocycles. The summed E-state index contributed by atoms with van der Waals surface area (Å²) >= 11 is 0. The summed E-state index contributed by atoms with van der Waals surface area (Å²) < 4.78 is 21.4. The highest BCUT2D eigenvalue weighted by Crippen LogP contribution is 2.38. The lowest BCUT2D eigenvalue weighted by atomic mass is 10.1. The van der Waals surface area contributed by atoms with Gasteiger partial charge in [-0.3, -0.25) is 4.79 Å². The minimum absolute atomic E-state index is 0.140. The van der Waals surface area contributed by atoms with Crippen LogP contribution in [0.1, 0.15) is 21.5 Å². The number of rotatable bonds is 10. The molecule has 0 bridgehead atoms. The first-order valence-electron chi connectivity index (χ1n) is 10.3. The SMILES string of the molecule is COc1ccccc1C(=O)/C=C\Nc1cccc(/C=C/c2cc(OC)c(OC)c(OC)c2)c1. The van der Waals surface area contributed by atoms with Crippen LogP contribution >= 0.6 is 0 Å². The number of ether oxygens (including phenoxy) is 4. The number of hydrogen-bond acceptors (Lipinski definition) is 6. The van der Waals surface area contributed by atoms with E-state index in [2.05, 4.69) is 5.32 Å². The summed E-state index contributed by atoms with van der Waals surface area (Å²) in [6.07, 6.45) is 7.05. The standard InChI is InChI=1S/C27H27NO5/c1-30-24-11-6-5-10-22(24)23(29)14-15-28-21-9-7-8-19(16-21)12-13-20-17-25(31-2)27(33-4)26(18-20)32-3/h5-18,28H,1-4H3/b13-12+,15-14-. The first-order valence-corrected chi connectivity index (χ1v) is 10.3. The fraction of sp³-hybridized carbons (Fsp3) is 0.148. The van der Waals surface area contributed by atoms with Crippen LogP contribution in [0.3, 0.4) is 0 Å². The molecule has 0 aliphatic rings. The fourth-order valence-corrected chi connectivity index (χ4v) is 3.27. The molecule has 0 heterocycles. The molecule has 0 radical (unpaired) electrons. The van der Waals surface area contributed by atoms with E-state index in [4.69, 9.17) is 18.9 Å². The summed E-state index contributed by atoms with van der Waals surface area (Å²) in [6, 6.07) is 18.7. The van der Waals surface area contributed by atoms with Gasteiger partial charge in [-0.15, -0.1) is 0 Å². The van der Waals surface area contributed by atoms with E-state index in [9.17, 15) is 4.79 Å². The monoisotopic (exact) mass is 445 g/mol. The lowest BCUT2D eigenvalue weighted by Crippen LogP contribution is -1.99. The van der Waals surface area contributed by atoms with Crippen molar-refractivity contribution in [1.29, 1.82) is 0 Å². The quantitative estimate of drug-likeness (QED) is 0.245. The van der Waals surface area contributed by atoms with Gasteiger partial charge in [0.05, 0.1) is 34.0 Å². The third-order valence-corrected chi connectivity index (χ3v) is 4.90. The predicted molar refractivity (Wildman–Crippen MR) is 132 cm³/mol. The number of benzene rings is 3. The first-order chi connectivity index (χ1) is 16.1. The minimum atomic E-state index is -0.140. The van der Waals surface area contributed by atoms with E-state index in [1.807, 2.05) is 54.6 Å². The highest BCUT2D eigenvalue weighted by Gasteiger charge is 2.12. The Kier molecular flexibility index (Phi) is 8.13. The zero-order valence-corrected chi connectivity index (χ0v) is 19.1. The topological polar surface area (TPSA) is 66.0 Å². The number of carbonyl (C=O) groups is 1. The van der Waals surface area contributed by atoms with Crippen LogP contribution in [0.15, 0.2) is 72.9 Å². The Hall–Kier alpha value is -4.19. The lowest BCUT2D eigenvalue weighted by Gasteiger charge is -2.12. The maximum absolute atomic E-state index is 12.4. The zero-order chi connectivity index (χ0) is 23.6. The van der Waals surface area contributed by atoms with Crippen molar-refractivity contribution in [2.75, 3.05) is 33.8 Å². The average molecular weight is 446 g/mol. The lowest BCUT2D eigenvalue weighted by molar-refractivity contribution is 0.104. The second-order valence-electron chi connectivity index (χ2n) is 6.96. The van der Waals surface area contributed by atoms with Gasteiger partial charge in [0.1, 0.15) is 5.75 Å². The summed E-state index contributed by atoms with van der Waals surface area (Å²) in [5.74, 6) is 2.15. The second-order valence-corrected chi connectivity index (χ2v) is 6.96. The van der Waals surface area contributed by atoms with Crippen molar-refractivity contribution in [2.24, 2.45) is 0 Å². The zero-order valence-electron chi connectivity index (χ0n) is 19.1. The predicted octanol–water partition coefficient (Wildman–Crippen LogP) is 5.70. The van der Waals surface area contributed by atoms with Crippen molar-refractivity contribution in [2.45, 2.75) is 0 Å². The van der Waals surface area contributed by atoms with Gasteiger partial charge in [-0.25, -0.2) is 0 Å². The van der Waals surface area contributed by atoms with Crippen molar-refractivity contribution < 1.29 is 23.7 Å². The van der Waals surface area contributed by atoms with E-state index in [0.29, 0.717) is 28.6 Å². The summed E-state index contributed by atoms with van der Waals surface area (Å²) in [5, 5.41) is 3.14. The summed E-state index contributed by atoms with van der Waals surface area (Å²) in [6.45, 7) is 0. The number of hydrogen-bond donors (Lipinski definition) is 1. The molecule has 3 rings (SSSR count). The van der Waals surface area contributed by atoms with Crippen LogP contribution in [0.2, 0.25) is 0 Å². The van der Waals surface area contributed by atoms with Crippen molar-refractivity contribution in [3.05, 3.63) is 89.6 Å². The molecule has 0 saturated carbocycles. The van der Waals surface area contributed by atoms with Crippen LogP contribution in [-0.4, -0.2) is 34.2 Å². The van der Waals surface area contributed by atoms with Crippen LogP contribution < -0.4 is 24.3 Å². The first kappa shape index (κ1) is 23.5. The van der Waals surface area contributed by atoms with E-state index < -0.39 is 0 Å². The molecule has 0 amide bonds. The molecule has 6 heteroatoms. The van der Waals surface area contributed by atoms with Crippen molar-refractivity contribution >= 4 is 23.6 Å². The van der Waals surface area contributed by atoms with Gasteiger partial charge >= 0.3 is 0 Å². The highest BCUT2D eigenvalue weighted by molar-refractivity contribution is 6.06. The molecule has 3 aromatic carbocycles. The van der Waals surface area contributed by atoms with E-state index >= 15 is 0 Å². The maximum atomic E-state index is 12.4. The number of anilines is 1. The number of allylic oxidation sites excluding steroid dienone is 1. The van der Waals surface area contributed by atoms with Crippen molar-refractivity contribution in [3.8, 4) is 23.0 Å². The van der Waals surface area contributed by atoms with Gasteiger partial charge < -0.3 is 24.3 Å². The Morgan fingerprint density at radius 2 is 1.39 bits per heavy atom. The Labute approximate surface area is 194 Å². The maximum Gasteiger partial charge on any atom is 0.203 e. The number of carbonyl (C=O) groups excluding carboxylic acids is 1. The number of nitrogens with one attached hydrogen (secondary N) is 1. The van der Waals surface area contributed by atoms with E-state index in [1.165, 1.54) is 6.08 Å². The largest absolute Gasteiger partial charge is 0.496 e. The van der Waals surface area contributed by atoms with Gasteiger partial charge in [0.2, 0.25) is 5.75 Å². The Morgan fingerprint density at radius 1 is 0.727 bits per heavy atom. The smallest absolute Gasteiger partial charge is 0.203 e. The van der Waals surface area contributed by atoms with Gasteiger partial charge in [0, 0.05) is 18.0 Å². The van der Waals surface area contributed by atoms with Crippen molar-refractivity contribution in [1.82, 2.24) is 0 Å². The third-order valence-electron chi connectivity index (χ3n) is 4.90. The molecule has 0 aromatic heterocycles. The summed E-state index contributed by atoms with van der Waals surface area (Å²) in [7, 11) is 6.30. The van der Waals surface area contributed by atoms with Gasteiger partial charge in [-0.1, -0.05) is 36.4 Å². The molecule has 0 fully saturated rings. The molecule has 0 saturated heterocycles. The van der Waals surface area contributed by atoms with Crippen molar-refractivity contribution in [3.63, 3.8) is 0 Å². The minimum Gasteiger partial charge on any atom is -0.496 e. The van der Waals surface area contributed by atoms with Gasteiger partial charge in [-0.05, 0) is 47.5 Å². The molecule has 0 unspecified atom stereocenters. The number of para-hydroxylation sites is 1. The van der Waals surface area contributed by atoms with Crippen LogP contribution in [0, 0.1) is 0 Å². The molecular formula is C27H27NO5. The molecule has 3 aromatic rings. The molecule has 33 heavy (non-hydrogen) atoms. The normalized spacial score (nSPS) is 10.9. The number of ketones is 1. The summed E-state index contributed by atoms with van der Waals surface area (Å²) in [4.78, 5) is 12.4. The number of methoxy groups -OCH3 is 4. The molecule has 0 aliphatic heterocycles. The Morgan fingerprint density at radius 3 is 2.06 bits per heavy atom. The highest BCUT2D eigenvalue weighted by atomic mass is 16.5. The second kappa shape index (κ2) is 11.4. The van der Waals surface area contributed by atoms with Gasteiger partial charge in [0.15, 0.2) is 17.3 Å². The van der Waals surface area contributed by atoms with Gasteiger partial charge in [0.25, 0.3) is 0 Å². The van der Waals surface area contributed by atoms with E-state index in [0.717, 1.165) is 16.8 Å². The average Bonchev–Trinajstić information content (AvgIpc) is 2.86. The Balaban J connectivity index is 1.72. The van der Waals surface area contributed by atoms with Crippen LogP contribution in [-0.2, 0) is 0 Å². The molecule has 6 nitrogen and oxygen atoms in total.